The average molecular weight is 185 g/mol. The Morgan fingerprint density at radius 1 is 1.38 bits per heavy atom. The van der Waals surface area contributed by atoms with E-state index in [4.69, 9.17) is 9.47 Å². The third-order valence-electron chi connectivity index (χ3n) is 4.24. The van der Waals surface area contributed by atoms with Crippen molar-refractivity contribution in [2.24, 2.45) is 5.41 Å². The van der Waals surface area contributed by atoms with Crippen LogP contribution in [0.3, 0.4) is 0 Å². The van der Waals surface area contributed by atoms with Gasteiger partial charge in [0.15, 0.2) is 0 Å². The zero-order valence-electron chi connectivity index (χ0n) is 9.13. The maximum absolute atomic E-state index is 5.75. The van der Waals surface area contributed by atoms with Crippen LogP contribution in [0.2, 0.25) is 0 Å². The lowest BCUT2D eigenvalue weighted by Gasteiger charge is -2.65. The monoisotopic (exact) mass is 185 g/mol. The van der Waals surface area contributed by atoms with Gasteiger partial charge in [0.25, 0.3) is 0 Å². The Bertz CT molecular complexity index is 223. The molecule has 3 heteroatoms. The summed E-state index contributed by atoms with van der Waals surface area (Å²) < 4.78 is 11.4. The number of fused-ring (bicyclic) bond motifs is 2. The maximum atomic E-state index is 5.75. The quantitative estimate of drug-likeness (QED) is 0.617. The van der Waals surface area contributed by atoms with Crippen molar-refractivity contribution in [3.05, 3.63) is 0 Å². The third kappa shape index (κ3) is 0.901. The van der Waals surface area contributed by atoms with Crippen LogP contribution in [-0.2, 0) is 9.47 Å². The minimum Gasteiger partial charge on any atom is -0.363 e. The van der Waals surface area contributed by atoms with Crippen LogP contribution in [0.15, 0.2) is 0 Å². The van der Waals surface area contributed by atoms with Crippen LogP contribution in [0.4, 0.5) is 0 Å². The largest absolute Gasteiger partial charge is 0.363 e. The number of hydrogen-bond donors (Lipinski definition) is 0. The lowest BCUT2D eigenvalue weighted by Crippen LogP contribution is -2.74. The molecular formula is C10H19NO2. The first-order chi connectivity index (χ1) is 5.93. The van der Waals surface area contributed by atoms with E-state index in [1.54, 1.807) is 7.11 Å². The van der Waals surface area contributed by atoms with Crippen LogP contribution < -0.4 is 0 Å². The summed E-state index contributed by atoms with van der Waals surface area (Å²) in [6.45, 7) is 6.58. The molecule has 3 fully saturated rings. The van der Waals surface area contributed by atoms with E-state index in [-0.39, 0.29) is 17.4 Å². The van der Waals surface area contributed by atoms with Crippen LogP contribution in [0.25, 0.3) is 0 Å². The van der Waals surface area contributed by atoms with Crippen molar-refractivity contribution in [2.45, 2.75) is 45.2 Å². The highest BCUT2D eigenvalue weighted by molar-refractivity contribution is 5.06. The predicted molar refractivity (Wildman–Crippen MR) is 50.2 cm³/mol. The van der Waals surface area contributed by atoms with Crippen molar-refractivity contribution in [2.75, 3.05) is 14.2 Å². The lowest BCUT2D eigenvalue weighted by atomic mass is 9.69. The normalized spacial score (nSPS) is 48.7. The van der Waals surface area contributed by atoms with Crippen molar-refractivity contribution >= 4 is 0 Å². The molecule has 0 aromatic rings. The van der Waals surface area contributed by atoms with E-state index in [2.05, 4.69) is 32.7 Å². The van der Waals surface area contributed by atoms with Gasteiger partial charge in [-0.25, -0.2) is 0 Å². The first kappa shape index (κ1) is 9.44. The van der Waals surface area contributed by atoms with E-state index in [9.17, 15) is 0 Å². The molecule has 0 saturated carbocycles. The zero-order chi connectivity index (χ0) is 9.85. The fourth-order valence-electron chi connectivity index (χ4n) is 2.51. The second-order valence-corrected chi connectivity index (χ2v) is 4.83. The average Bonchev–Trinajstić information content (AvgIpc) is 1.96. The molecular weight excluding hydrogens is 166 g/mol. The summed E-state index contributed by atoms with van der Waals surface area (Å²) in [5.41, 5.74) is -0.135. The fraction of sp³-hybridized carbons (Fsp3) is 1.00. The molecule has 0 aromatic heterocycles. The number of ether oxygens (including phenoxy) is 2. The molecule has 3 aliphatic rings. The van der Waals surface area contributed by atoms with Gasteiger partial charge < -0.3 is 9.47 Å². The van der Waals surface area contributed by atoms with Crippen molar-refractivity contribution in [1.29, 1.82) is 0 Å². The summed E-state index contributed by atoms with van der Waals surface area (Å²) in [5, 5.41) is 0. The van der Waals surface area contributed by atoms with Gasteiger partial charge in [0.1, 0.15) is 12.0 Å². The molecule has 0 aliphatic carbocycles. The summed E-state index contributed by atoms with van der Waals surface area (Å²) >= 11 is 0. The van der Waals surface area contributed by atoms with Crippen LogP contribution in [0.5, 0.6) is 0 Å². The van der Waals surface area contributed by atoms with Crippen molar-refractivity contribution < 1.29 is 9.47 Å². The van der Waals surface area contributed by atoms with Gasteiger partial charge >= 0.3 is 0 Å². The van der Waals surface area contributed by atoms with Crippen LogP contribution >= 0.6 is 0 Å². The topological polar surface area (TPSA) is 21.7 Å². The molecule has 0 spiro atoms. The summed E-state index contributed by atoms with van der Waals surface area (Å²) in [6.07, 6.45) is 1.77. The van der Waals surface area contributed by atoms with Gasteiger partial charge in [-0.2, -0.15) is 0 Å². The molecule has 3 aliphatic heterocycles. The summed E-state index contributed by atoms with van der Waals surface area (Å²) in [7, 11) is 3.86. The minimum atomic E-state index is -0.196. The number of nitrogens with zero attached hydrogens (tertiary/aromatic N) is 1. The SMILES string of the molecule is COC1(C)N(C)C2CC(O2)C1(C)C. The van der Waals surface area contributed by atoms with E-state index >= 15 is 0 Å². The second-order valence-electron chi connectivity index (χ2n) is 4.83. The molecule has 0 radical (unpaired) electrons. The van der Waals surface area contributed by atoms with E-state index in [0.29, 0.717) is 6.10 Å². The minimum absolute atomic E-state index is 0.0608. The van der Waals surface area contributed by atoms with E-state index in [1.165, 1.54) is 0 Å². The standard InChI is InChI=1S/C10H19NO2/c1-9(2)7-6-8(13-7)11(4)10(9,3)12-5/h7-8H,6H2,1-5H3. The molecule has 13 heavy (non-hydrogen) atoms. The Morgan fingerprint density at radius 2 is 1.92 bits per heavy atom. The summed E-state index contributed by atoms with van der Waals surface area (Å²) in [4.78, 5) is 2.20. The Labute approximate surface area is 80.0 Å². The van der Waals surface area contributed by atoms with Gasteiger partial charge in [0.05, 0.1) is 6.10 Å². The van der Waals surface area contributed by atoms with E-state index in [0.717, 1.165) is 6.42 Å². The van der Waals surface area contributed by atoms with Gasteiger partial charge in [0.2, 0.25) is 0 Å². The first-order valence-electron chi connectivity index (χ1n) is 4.87. The van der Waals surface area contributed by atoms with Crippen LogP contribution in [-0.4, -0.2) is 37.1 Å². The Hall–Kier alpha value is -0.120. The third-order valence-corrected chi connectivity index (χ3v) is 4.24. The molecule has 3 atom stereocenters. The predicted octanol–water partition coefficient (Wildman–Crippen LogP) is 1.44. The summed E-state index contributed by atoms with van der Waals surface area (Å²) in [5.74, 6) is 0. The van der Waals surface area contributed by atoms with Gasteiger partial charge in [-0.15, -0.1) is 0 Å². The molecule has 0 amide bonds. The van der Waals surface area contributed by atoms with Crippen LogP contribution in [0.1, 0.15) is 27.2 Å². The fourth-order valence-corrected chi connectivity index (χ4v) is 2.51. The number of piperidine rings is 1. The van der Waals surface area contributed by atoms with Gasteiger partial charge in [0, 0.05) is 18.9 Å². The highest BCUT2D eigenvalue weighted by Crippen LogP contribution is 2.53. The molecule has 3 rings (SSSR count). The Balaban J connectivity index is 2.33. The molecule has 3 unspecified atom stereocenters. The molecule has 3 heterocycles. The highest BCUT2D eigenvalue weighted by atomic mass is 16.6. The summed E-state index contributed by atoms with van der Waals surface area (Å²) in [6, 6.07) is 0. The number of rotatable bonds is 1. The first-order valence-corrected chi connectivity index (χ1v) is 4.87. The molecule has 3 saturated heterocycles. The lowest BCUT2D eigenvalue weighted by molar-refractivity contribution is -0.380. The molecule has 0 aromatic carbocycles. The van der Waals surface area contributed by atoms with E-state index < -0.39 is 0 Å². The van der Waals surface area contributed by atoms with Crippen LogP contribution in [0, 0.1) is 5.41 Å². The molecule has 76 valence electrons. The Morgan fingerprint density at radius 3 is 2.23 bits per heavy atom. The second kappa shape index (κ2) is 2.47. The smallest absolute Gasteiger partial charge is 0.127 e. The van der Waals surface area contributed by atoms with Crippen molar-refractivity contribution in [3.63, 3.8) is 0 Å². The van der Waals surface area contributed by atoms with Crippen molar-refractivity contribution in [1.82, 2.24) is 4.90 Å². The molecule has 3 nitrogen and oxygen atoms in total. The molecule has 2 bridgehead atoms. The van der Waals surface area contributed by atoms with E-state index in [1.807, 2.05) is 0 Å². The van der Waals surface area contributed by atoms with Crippen molar-refractivity contribution in [3.8, 4) is 0 Å². The maximum Gasteiger partial charge on any atom is 0.127 e. The highest BCUT2D eigenvalue weighted by Gasteiger charge is 2.62. The number of hydrogen-bond acceptors (Lipinski definition) is 3. The van der Waals surface area contributed by atoms with Gasteiger partial charge in [-0.05, 0) is 14.0 Å². The van der Waals surface area contributed by atoms with Gasteiger partial charge in [-0.1, -0.05) is 13.8 Å². The number of methoxy groups -OCH3 is 1. The Kier molecular flexibility index (Phi) is 1.79. The van der Waals surface area contributed by atoms with Gasteiger partial charge in [-0.3, -0.25) is 4.90 Å². The molecule has 0 N–H and O–H groups in total. The zero-order valence-corrected chi connectivity index (χ0v) is 9.13.